The van der Waals surface area contributed by atoms with Crippen molar-refractivity contribution in [2.45, 2.75) is 51.9 Å². The monoisotopic (exact) mass is 240 g/mol. The van der Waals surface area contributed by atoms with Crippen LogP contribution in [0.5, 0.6) is 0 Å². The summed E-state index contributed by atoms with van der Waals surface area (Å²) < 4.78 is 0. The Bertz CT molecular complexity index is 393. The van der Waals surface area contributed by atoms with Crippen molar-refractivity contribution in [3.05, 3.63) is 35.9 Å². The Balaban J connectivity index is 1.57. The molecule has 0 radical (unpaired) electrons. The van der Waals surface area contributed by atoms with Crippen LogP contribution < -0.4 is 0 Å². The fraction of sp³-hybridized carbons (Fsp3) is 0.556. The third kappa shape index (κ3) is 4.57. The van der Waals surface area contributed by atoms with E-state index in [1.807, 2.05) is 0 Å². The maximum Gasteiger partial charge on any atom is 0.0234 e. The molecule has 2 rings (SSSR count). The third-order valence-corrected chi connectivity index (χ3v) is 3.75. The van der Waals surface area contributed by atoms with Crippen LogP contribution in [0.1, 0.15) is 51.0 Å². The molecule has 2 atom stereocenters. The molecule has 0 aromatic heterocycles. The molecule has 0 saturated heterocycles. The van der Waals surface area contributed by atoms with Gasteiger partial charge in [0, 0.05) is 12.3 Å². The van der Waals surface area contributed by atoms with Gasteiger partial charge in [0.15, 0.2) is 0 Å². The van der Waals surface area contributed by atoms with E-state index in [0.29, 0.717) is 0 Å². The molecular formula is C18H24. The summed E-state index contributed by atoms with van der Waals surface area (Å²) in [5.41, 5.74) is 1.44. The fourth-order valence-corrected chi connectivity index (χ4v) is 2.44. The zero-order valence-electron chi connectivity index (χ0n) is 11.5. The normalized spacial score (nSPS) is 21.2. The second-order valence-electron chi connectivity index (χ2n) is 5.40. The summed E-state index contributed by atoms with van der Waals surface area (Å²) in [6.45, 7) is 2.27. The summed E-state index contributed by atoms with van der Waals surface area (Å²) >= 11 is 0. The first-order valence-corrected chi connectivity index (χ1v) is 7.42. The van der Waals surface area contributed by atoms with E-state index in [4.69, 9.17) is 0 Å². The van der Waals surface area contributed by atoms with Crippen molar-refractivity contribution in [3.63, 3.8) is 0 Å². The van der Waals surface area contributed by atoms with Crippen LogP contribution in [0, 0.1) is 23.7 Å². The Kier molecular flexibility index (Phi) is 5.34. The van der Waals surface area contributed by atoms with Crippen molar-refractivity contribution in [2.24, 2.45) is 11.8 Å². The van der Waals surface area contributed by atoms with E-state index in [0.717, 1.165) is 18.3 Å². The fourth-order valence-electron chi connectivity index (χ4n) is 2.44. The highest BCUT2D eigenvalue weighted by molar-refractivity contribution is 5.16. The van der Waals surface area contributed by atoms with Crippen molar-refractivity contribution in [2.75, 3.05) is 0 Å². The number of benzene rings is 1. The summed E-state index contributed by atoms with van der Waals surface area (Å²) in [5, 5.41) is 0. The second-order valence-corrected chi connectivity index (χ2v) is 5.40. The van der Waals surface area contributed by atoms with Crippen LogP contribution in [0.25, 0.3) is 0 Å². The average molecular weight is 240 g/mol. The van der Waals surface area contributed by atoms with Gasteiger partial charge < -0.3 is 0 Å². The Morgan fingerprint density at radius 2 is 2.00 bits per heavy atom. The lowest BCUT2D eigenvalue weighted by molar-refractivity contribution is 0.637. The SMILES string of the molecule is CCCC[C@H]1C[C@@H]1C#CCCCc1ccccc1. The van der Waals surface area contributed by atoms with Crippen LogP contribution in [0.3, 0.4) is 0 Å². The quantitative estimate of drug-likeness (QED) is 0.493. The van der Waals surface area contributed by atoms with Gasteiger partial charge in [0.25, 0.3) is 0 Å². The highest BCUT2D eigenvalue weighted by Crippen LogP contribution is 2.41. The maximum absolute atomic E-state index is 3.45. The summed E-state index contributed by atoms with van der Waals surface area (Å²) in [5.74, 6) is 8.51. The minimum atomic E-state index is 0.744. The molecule has 0 heteroatoms. The molecule has 0 N–H and O–H groups in total. The third-order valence-electron chi connectivity index (χ3n) is 3.75. The van der Waals surface area contributed by atoms with Gasteiger partial charge in [0.1, 0.15) is 0 Å². The van der Waals surface area contributed by atoms with E-state index >= 15 is 0 Å². The largest absolute Gasteiger partial charge is 0.103 e. The standard InChI is InChI=1S/C18H24/c1-2-3-13-17-15-18(17)14-9-5-8-12-16-10-6-4-7-11-16/h4,6-7,10-11,17-18H,2-3,5,8,12-13,15H2,1H3/t17-,18-/m0/s1. The van der Waals surface area contributed by atoms with Crippen molar-refractivity contribution in [1.29, 1.82) is 0 Å². The van der Waals surface area contributed by atoms with Crippen molar-refractivity contribution in [3.8, 4) is 11.8 Å². The number of aryl methyl sites for hydroxylation is 1. The van der Waals surface area contributed by atoms with Crippen LogP contribution in [0.4, 0.5) is 0 Å². The molecule has 1 aliphatic rings. The Labute approximate surface area is 112 Å². The molecule has 1 aromatic carbocycles. The van der Waals surface area contributed by atoms with Crippen molar-refractivity contribution in [1.82, 2.24) is 0 Å². The summed E-state index contributed by atoms with van der Waals surface area (Å²) in [6, 6.07) is 10.7. The molecule has 1 saturated carbocycles. The van der Waals surface area contributed by atoms with E-state index in [1.54, 1.807) is 0 Å². The molecule has 0 amide bonds. The zero-order valence-corrected chi connectivity index (χ0v) is 11.5. The van der Waals surface area contributed by atoms with Gasteiger partial charge in [-0.15, -0.1) is 5.92 Å². The number of hydrogen-bond acceptors (Lipinski definition) is 0. The second kappa shape index (κ2) is 7.27. The molecule has 0 spiro atoms. The zero-order chi connectivity index (χ0) is 12.6. The van der Waals surface area contributed by atoms with Gasteiger partial charge in [0.05, 0.1) is 0 Å². The molecule has 18 heavy (non-hydrogen) atoms. The summed E-state index contributed by atoms with van der Waals surface area (Å²) in [7, 11) is 0. The molecule has 0 aliphatic heterocycles. The highest BCUT2D eigenvalue weighted by Gasteiger charge is 2.34. The van der Waals surface area contributed by atoms with Gasteiger partial charge in [0.2, 0.25) is 0 Å². The molecule has 96 valence electrons. The molecule has 0 nitrogen and oxygen atoms in total. The van der Waals surface area contributed by atoms with Crippen LogP contribution in [-0.4, -0.2) is 0 Å². The Morgan fingerprint density at radius 3 is 2.78 bits per heavy atom. The van der Waals surface area contributed by atoms with Crippen molar-refractivity contribution < 1.29 is 0 Å². The van der Waals surface area contributed by atoms with Gasteiger partial charge >= 0.3 is 0 Å². The number of hydrogen-bond donors (Lipinski definition) is 0. The lowest BCUT2D eigenvalue weighted by Gasteiger charge is -1.96. The Hall–Kier alpha value is -1.22. The molecule has 1 aliphatic carbocycles. The van der Waals surface area contributed by atoms with Crippen LogP contribution in [-0.2, 0) is 6.42 Å². The van der Waals surface area contributed by atoms with Gasteiger partial charge in [-0.05, 0) is 37.2 Å². The van der Waals surface area contributed by atoms with Crippen LogP contribution in [0.2, 0.25) is 0 Å². The lowest BCUT2D eigenvalue weighted by Crippen LogP contribution is -1.84. The number of unbranched alkanes of at least 4 members (excludes halogenated alkanes) is 2. The van der Waals surface area contributed by atoms with Gasteiger partial charge in [-0.3, -0.25) is 0 Å². The molecule has 1 aromatic rings. The van der Waals surface area contributed by atoms with E-state index in [1.165, 1.54) is 44.1 Å². The topological polar surface area (TPSA) is 0 Å². The summed E-state index contributed by atoms with van der Waals surface area (Å²) in [4.78, 5) is 0. The molecular weight excluding hydrogens is 216 g/mol. The lowest BCUT2D eigenvalue weighted by atomic mass is 10.1. The van der Waals surface area contributed by atoms with E-state index in [-0.39, 0.29) is 0 Å². The number of rotatable bonds is 6. The van der Waals surface area contributed by atoms with E-state index < -0.39 is 0 Å². The first-order chi connectivity index (χ1) is 8.90. The van der Waals surface area contributed by atoms with Crippen molar-refractivity contribution >= 4 is 0 Å². The first kappa shape index (κ1) is 13.2. The van der Waals surface area contributed by atoms with E-state index in [9.17, 15) is 0 Å². The minimum absolute atomic E-state index is 0.744. The maximum atomic E-state index is 3.45. The van der Waals surface area contributed by atoms with E-state index in [2.05, 4.69) is 49.1 Å². The molecule has 0 heterocycles. The highest BCUT2D eigenvalue weighted by atomic mass is 14.4. The predicted molar refractivity (Wildman–Crippen MR) is 78.3 cm³/mol. The molecule has 0 unspecified atom stereocenters. The van der Waals surface area contributed by atoms with Crippen LogP contribution >= 0.6 is 0 Å². The average Bonchev–Trinajstić information content (AvgIpc) is 3.16. The van der Waals surface area contributed by atoms with Gasteiger partial charge in [-0.2, -0.15) is 0 Å². The van der Waals surface area contributed by atoms with Crippen LogP contribution in [0.15, 0.2) is 30.3 Å². The molecule has 0 bridgehead atoms. The van der Waals surface area contributed by atoms with Gasteiger partial charge in [-0.25, -0.2) is 0 Å². The predicted octanol–water partition coefficient (Wildman–Crippen LogP) is 4.84. The minimum Gasteiger partial charge on any atom is -0.103 e. The smallest absolute Gasteiger partial charge is 0.0234 e. The summed E-state index contributed by atoms with van der Waals surface area (Å²) in [6.07, 6.45) is 8.91. The van der Waals surface area contributed by atoms with Gasteiger partial charge in [-0.1, -0.05) is 56.0 Å². The first-order valence-electron chi connectivity index (χ1n) is 7.42. The Morgan fingerprint density at radius 1 is 1.17 bits per heavy atom. The molecule has 1 fully saturated rings.